The first-order chi connectivity index (χ1) is 12.2. The van der Waals surface area contributed by atoms with E-state index >= 15 is 0 Å². The zero-order valence-corrected chi connectivity index (χ0v) is 14.3. The van der Waals surface area contributed by atoms with Crippen LogP contribution in [-0.2, 0) is 4.74 Å². The first-order valence-corrected chi connectivity index (χ1v) is 8.51. The fraction of sp³-hybridized carbons (Fsp3) is 0.105. The number of hydrogen-bond donors (Lipinski definition) is 1. The van der Waals surface area contributed by atoms with Crippen molar-refractivity contribution in [1.82, 2.24) is 10.3 Å². The summed E-state index contributed by atoms with van der Waals surface area (Å²) in [6.07, 6.45) is 0. The molecule has 1 heterocycles. The van der Waals surface area contributed by atoms with Gasteiger partial charge in [0.05, 0.1) is 7.11 Å². The van der Waals surface area contributed by atoms with Gasteiger partial charge < -0.3 is 10.1 Å². The van der Waals surface area contributed by atoms with Gasteiger partial charge in [0.2, 0.25) is 0 Å². The lowest BCUT2D eigenvalue weighted by molar-refractivity contribution is 0.0594. The number of nitrogens with one attached hydrogen (secondary N) is 1. The molecule has 0 saturated carbocycles. The van der Waals surface area contributed by atoms with Gasteiger partial charge in [-0.2, -0.15) is 0 Å². The fourth-order valence-corrected chi connectivity index (χ4v) is 3.22. The Hall–Kier alpha value is -2.99. The van der Waals surface area contributed by atoms with Gasteiger partial charge in [-0.3, -0.25) is 4.79 Å². The standard InChI is InChI=1S/C19H16N2O3S/c1-24-19(23)15-12-25-18(20-15)16(13-8-4-2-5-9-13)21-17(22)14-10-6-3-7-11-14/h2-12,16H,1H3,(H,21,22). The first kappa shape index (κ1) is 16.9. The molecule has 5 nitrogen and oxygen atoms in total. The van der Waals surface area contributed by atoms with Crippen LogP contribution in [-0.4, -0.2) is 24.0 Å². The number of carbonyl (C=O) groups excluding carboxylic acids is 2. The highest BCUT2D eigenvalue weighted by atomic mass is 32.1. The summed E-state index contributed by atoms with van der Waals surface area (Å²) in [4.78, 5) is 28.6. The molecule has 6 heteroatoms. The molecule has 0 aliphatic carbocycles. The van der Waals surface area contributed by atoms with Gasteiger partial charge in [0.15, 0.2) is 5.69 Å². The smallest absolute Gasteiger partial charge is 0.357 e. The Bertz CT molecular complexity index is 863. The molecule has 3 rings (SSSR count). The summed E-state index contributed by atoms with van der Waals surface area (Å²) in [6, 6.07) is 18.0. The maximum Gasteiger partial charge on any atom is 0.357 e. The van der Waals surface area contributed by atoms with Crippen LogP contribution in [0.3, 0.4) is 0 Å². The van der Waals surface area contributed by atoms with Gasteiger partial charge in [0, 0.05) is 10.9 Å². The van der Waals surface area contributed by atoms with Gasteiger partial charge in [-0.1, -0.05) is 48.5 Å². The summed E-state index contributed by atoms with van der Waals surface area (Å²) in [6.45, 7) is 0. The lowest BCUT2D eigenvalue weighted by Gasteiger charge is -2.17. The molecule has 0 aliphatic heterocycles. The molecule has 0 aliphatic rings. The molecule has 0 radical (unpaired) electrons. The Morgan fingerprint density at radius 1 is 1.04 bits per heavy atom. The molecule has 3 aromatic rings. The number of hydrogen-bond acceptors (Lipinski definition) is 5. The van der Waals surface area contributed by atoms with Gasteiger partial charge in [-0.05, 0) is 17.7 Å². The Labute approximate surface area is 149 Å². The van der Waals surface area contributed by atoms with Crippen LogP contribution in [0.1, 0.15) is 37.5 Å². The fourth-order valence-electron chi connectivity index (χ4n) is 2.36. The third-order valence-corrected chi connectivity index (χ3v) is 4.52. The molecule has 1 N–H and O–H groups in total. The van der Waals surface area contributed by atoms with Gasteiger partial charge in [0.25, 0.3) is 5.91 Å². The van der Waals surface area contributed by atoms with E-state index in [0.717, 1.165) is 5.56 Å². The Kier molecular flexibility index (Phi) is 5.20. The number of aromatic nitrogens is 1. The van der Waals surface area contributed by atoms with Gasteiger partial charge >= 0.3 is 5.97 Å². The van der Waals surface area contributed by atoms with E-state index in [9.17, 15) is 9.59 Å². The van der Waals surface area contributed by atoms with Crippen molar-refractivity contribution < 1.29 is 14.3 Å². The van der Waals surface area contributed by atoms with Crippen LogP contribution in [0.2, 0.25) is 0 Å². The maximum absolute atomic E-state index is 12.6. The van der Waals surface area contributed by atoms with E-state index in [1.54, 1.807) is 17.5 Å². The molecule has 1 unspecified atom stereocenters. The zero-order valence-electron chi connectivity index (χ0n) is 13.5. The second-order valence-corrected chi connectivity index (χ2v) is 6.14. The molecule has 1 atom stereocenters. The minimum absolute atomic E-state index is 0.204. The lowest BCUT2D eigenvalue weighted by atomic mass is 10.1. The van der Waals surface area contributed by atoms with Gasteiger partial charge in [-0.15, -0.1) is 11.3 Å². The molecule has 1 amide bonds. The Balaban J connectivity index is 1.92. The predicted octanol–water partition coefficient (Wildman–Crippen LogP) is 3.45. The molecule has 1 aromatic heterocycles. The summed E-state index contributed by atoms with van der Waals surface area (Å²) < 4.78 is 4.70. The first-order valence-electron chi connectivity index (χ1n) is 7.63. The molecule has 0 fully saturated rings. The van der Waals surface area contributed by atoms with Crippen LogP contribution >= 0.6 is 11.3 Å². The molecular weight excluding hydrogens is 336 g/mol. The summed E-state index contributed by atoms with van der Waals surface area (Å²) >= 11 is 1.31. The highest BCUT2D eigenvalue weighted by Crippen LogP contribution is 2.26. The van der Waals surface area contributed by atoms with Gasteiger partial charge in [-0.25, -0.2) is 9.78 Å². The van der Waals surface area contributed by atoms with E-state index in [4.69, 9.17) is 4.74 Å². The van der Waals surface area contributed by atoms with Crippen molar-refractivity contribution in [3.8, 4) is 0 Å². The van der Waals surface area contributed by atoms with Crippen LogP contribution in [0.5, 0.6) is 0 Å². The highest BCUT2D eigenvalue weighted by molar-refractivity contribution is 7.10. The molecular formula is C19H16N2O3S. The predicted molar refractivity (Wildman–Crippen MR) is 95.6 cm³/mol. The van der Waals surface area contributed by atoms with Crippen LogP contribution in [0.4, 0.5) is 0 Å². The lowest BCUT2D eigenvalue weighted by Crippen LogP contribution is -2.29. The van der Waals surface area contributed by atoms with Gasteiger partial charge in [0.1, 0.15) is 11.0 Å². The number of rotatable bonds is 5. The molecule has 2 aromatic carbocycles. The van der Waals surface area contributed by atoms with Crippen molar-refractivity contribution in [2.24, 2.45) is 0 Å². The Morgan fingerprint density at radius 3 is 2.32 bits per heavy atom. The number of nitrogens with zero attached hydrogens (tertiary/aromatic N) is 1. The minimum Gasteiger partial charge on any atom is -0.464 e. The highest BCUT2D eigenvalue weighted by Gasteiger charge is 2.22. The van der Waals surface area contributed by atoms with Crippen LogP contribution < -0.4 is 5.32 Å². The number of amides is 1. The second kappa shape index (κ2) is 7.72. The zero-order chi connectivity index (χ0) is 17.6. The van der Waals surface area contributed by atoms with Crippen molar-refractivity contribution in [3.05, 3.63) is 87.9 Å². The van der Waals surface area contributed by atoms with E-state index in [-0.39, 0.29) is 11.6 Å². The number of benzene rings is 2. The molecule has 0 saturated heterocycles. The second-order valence-electron chi connectivity index (χ2n) is 5.25. The number of esters is 1. The van der Waals surface area contributed by atoms with Crippen molar-refractivity contribution in [2.45, 2.75) is 6.04 Å². The largest absolute Gasteiger partial charge is 0.464 e. The SMILES string of the molecule is COC(=O)c1csc(C(NC(=O)c2ccccc2)c2ccccc2)n1. The Morgan fingerprint density at radius 2 is 1.68 bits per heavy atom. The van der Waals surface area contributed by atoms with Crippen molar-refractivity contribution in [1.29, 1.82) is 0 Å². The molecule has 0 spiro atoms. The van der Waals surface area contributed by atoms with E-state index < -0.39 is 12.0 Å². The minimum atomic E-state index is -0.497. The normalized spacial score (nSPS) is 11.6. The van der Waals surface area contributed by atoms with Crippen LogP contribution in [0.25, 0.3) is 0 Å². The van der Waals surface area contributed by atoms with Crippen molar-refractivity contribution in [2.75, 3.05) is 7.11 Å². The number of thiazole rings is 1. The molecule has 126 valence electrons. The number of carbonyl (C=O) groups is 2. The monoisotopic (exact) mass is 352 g/mol. The number of methoxy groups -OCH3 is 1. The van der Waals surface area contributed by atoms with Crippen molar-refractivity contribution in [3.63, 3.8) is 0 Å². The maximum atomic E-state index is 12.6. The third kappa shape index (κ3) is 3.92. The van der Waals surface area contributed by atoms with E-state index in [1.165, 1.54) is 18.4 Å². The third-order valence-electron chi connectivity index (χ3n) is 3.61. The molecule has 25 heavy (non-hydrogen) atoms. The summed E-state index contributed by atoms with van der Waals surface area (Å²) in [5, 5.41) is 5.24. The van der Waals surface area contributed by atoms with E-state index in [2.05, 4.69) is 10.3 Å². The summed E-state index contributed by atoms with van der Waals surface area (Å²) in [7, 11) is 1.31. The average Bonchev–Trinajstić information content (AvgIpc) is 3.16. The average molecular weight is 352 g/mol. The topological polar surface area (TPSA) is 68.3 Å². The van der Waals surface area contributed by atoms with Crippen LogP contribution in [0, 0.1) is 0 Å². The number of ether oxygens (including phenoxy) is 1. The summed E-state index contributed by atoms with van der Waals surface area (Å²) in [5.41, 5.74) is 1.68. The van der Waals surface area contributed by atoms with E-state index in [0.29, 0.717) is 10.6 Å². The quantitative estimate of drug-likeness (QED) is 0.714. The van der Waals surface area contributed by atoms with Crippen molar-refractivity contribution >= 4 is 23.2 Å². The molecule has 0 bridgehead atoms. The van der Waals surface area contributed by atoms with Crippen LogP contribution in [0.15, 0.2) is 66.0 Å². The van der Waals surface area contributed by atoms with E-state index in [1.807, 2.05) is 48.5 Å². The summed E-state index contributed by atoms with van der Waals surface area (Å²) in [5.74, 6) is -0.701.